The average Bonchev–Trinajstić information content (AvgIpc) is 2.15. The van der Waals surface area contributed by atoms with Crippen LogP contribution in [0, 0.1) is 0 Å². The largest absolute Gasteiger partial charge is 0.497 e. The van der Waals surface area contributed by atoms with Gasteiger partial charge in [-0.15, -0.1) is 0 Å². The molecule has 0 atom stereocenters. The smallest absolute Gasteiger partial charge is 0.449 e. The lowest BCUT2D eigenvalue weighted by Crippen LogP contribution is -2.06. The number of methoxy groups -OCH3 is 1. The Morgan fingerprint density at radius 1 is 1.40 bits per heavy atom. The zero-order valence-electron chi connectivity index (χ0n) is 7.67. The minimum absolute atomic E-state index is 0.0309. The molecule has 0 aromatic heterocycles. The zero-order valence-corrected chi connectivity index (χ0v) is 8.48. The summed E-state index contributed by atoms with van der Waals surface area (Å²) in [7, 11) is 1.38. The molecular weight excluding hydrogens is 229 g/mol. The summed E-state index contributed by atoms with van der Waals surface area (Å²) in [4.78, 5) is 11.1. The van der Waals surface area contributed by atoms with Crippen molar-refractivity contribution in [1.82, 2.24) is 0 Å². The molecular formula is C9H7F3O2S. The molecule has 1 aromatic carbocycles. The van der Waals surface area contributed by atoms with Crippen LogP contribution in [0.5, 0.6) is 5.75 Å². The van der Waals surface area contributed by atoms with E-state index >= 15 is 0 Å². The van der Waals surface area contributed by atoms with Crippen molar-refractivity contribution in [3.8, 4) is 5.75 Å². The van der Waals surface area contributed by atoms with Gasteiger partial charge in [0.15, 0.2) is 0 Å². The van der Waals surface area contributed by atoms with Crippen molar-refractivity contribution in [3.05, 3.63) is 29.8 Å². The highest BCUT2D eigenvalue weighted by atomic mass is 32.2. The predicted octanol–water partition coefficient (Wildman–Crippen LogP) is 3.09. The molecule has 2 nitrogen and oxygen atoms in total. The van der Waals surface area contributed by atoms with E-state index in [-0.39, 0.29) is 5.56 Å². The lowest BCUT2D eigenvalue weighted by molar-refractivity contribution is -0.0322. The van der Waals surface area contributed by atoms with Gasteiger partial charge in [-0.05, 0) is 12.1 Å². The molecule has 0 unspecified atom stereocenters. The van der Waals surface area contributed by atoms with E-state index in [1.165, 1.54) is 25.3 Å². The van der Waals surface area contributed by atoms with Gasteiger partial charge in [-0.2, -0.15) is 13.2 Å². The van der Waals surface area contributed by atoms with Crippen molar-refractivity contribution in [2.45, 2.75) is 5.51 Å². The maximum Gasteiger partial charge on any atom is 0.449 e. The summed E-state index contributed by atoms with van der Waals surface area (Å²) in [5.74, 6) is 0.351. The molecule has 0 aliphatic carbocycles. The molecule has 0 saturated heterocycles. The number of carbonyl (C=O) groups is 1. The first-order valence-electron chi connectivity index (χ1n) is 3.86. The van der Waals surface area contributed by atoms with Crippen LogP contribution in [-0.4, -0.2) is 17.7 Å². The van der Waals surface area contributed by atoms with E-state index < -0.39 is 22.4 Å². The summed E-state index contributed by atoms with van der Waals surface area (Å²) in [5.41, 5.74) is -4.59. The number of halogens is 3. The summed E-state index contributed by atoms with van der Waals surface area (Å²) in [6.07, 6.45) is 0. The van der Waals surface area contributed by atoms with Gasteiger partial charge in [-0.25, -0.2) is 0 Å². The maximum atomic E-state index is 11.9. The highest BCUT2D eigenvalue weighted by Crippen LogP contribution is 2.33. The fourth-order valence-electron chi connectivity index (χ4n) is 0.914. The van der Waals surface area contributed by atoms with E-state index in [2.05, 4.69) is 0 Å². The van der Waals surface area contributed by atoms with Crippen molar-refractivity contribution >= 4 is 16.9 Å². The average molecular weight is 236 g/mol. The molecule has 0 radical (unpaired) electrons. The Bertz CT molecular complexity index is 363. The number of benzene rings is 1. The molecule has 0 heterocycles. The Labute approximate surface area is 88.4 Å². The van der Waals surface area contributed by atoms with E-state index in [0.29, 0.717) is 5.75 Å². The van der Waals surface area contributed by atoms with Crippen molar-refractivity contribution in [1.29, 1.82) is 0 Å². The molecule has 0 bridgehead atoms. The van der Waals surface area contributed by atoms with Crippen LogP contribution in [0.15, 0.2) is 24.3 Å². The van der Waals surface area contributed by atoms with E-state index in [0.717, 1.165) is 0 Å². The van der Waals surface area contributed by atoms with Crippen LogP contribution in [0.25, 0.3) is 0 Å². The lowest BCUT2D eigenvalue weighted by Gasteiger charge is -2.05. The highest BCUT2D eigenvalue weighted by Gasteiger charge is 2.33. The van der Waals surface area contributed by atoms with Crippen molar-refractivity contribution in [3.63, 3.8) is 0 Å². The first-order chi connectivity index (χ1) is 6.92. The van der Waals surface area contributed by atoms with Gasteiger partial charge in [-0.3, -0.25) is 4.79 Å². The van der Waals surface area contributed by atoms with Crippen LogP contribution in [-0.2, 0) is 0 Å². The highest BCUT2D eigenvalue weighted by molar-refractivity contribution is 8.14. The van der Waals surface area contributed by atoms with E-state index in [4.69, 9.17) is 4.74 Å². The number of hydrogen-bond donors (Lipinski definition) is 0. The molecule has 0 saturated carbocycles. The molecule has 6 heteroatoms. The van der Waals surface area contributed by atoms with Crippen molar-refractivity contribution < 1.29 is 22.7 Å². The number of ether oxygens (including phenoxy) is 1. The monoisotopic (exact) mass is 236 g/mol. The quantitative estimate of drug-likeness (QED) is 0.789. The Morgan fingerprint density at radius 3 is 2.60 bits per heavy atom. The van der Waals surface area contributed by atoms with Gasteiger partial charge in [0, 0.05) is 17.3 Å². The minimum Gasteiger partial charge on any atom is -0.497 e. The molecule has 0 N–H and O–H groups in total. The maximum absolute atomic E-state index is 11.9. The third-order valence-electron chi connectivity index (χ3n) is 1.51. The number of carbonyl (C=O) groups excluding carboxylic acids is 1. The second-order valence-corrected chi connectivity index (χ2v) is 3.61. The van der Waals surface area contributed by atoms with Crippen LogP contribution >= 0.6 is 11.8 Å². The zero-order chi connectivity index (χ0) is 11.5. The number of thioether (sulfide) groups is 1. The Morgan fingerprint density at radius 2 is 2.07 bits per heavy atom. The number of alkyl halides is 3. The Kier molecular flexibility index (Phi) is 3.62. The van der Waals surface area contributed by atoms with Crippen molar-refractivity contribution in [2.75, 3.05) is 7.11 Å². The van der Waals surface area contributed by atoms with Crippen LogP contribution in [0.1, 0.15) is 10.4 Å². The molecule has 0 amide bonds. The van der Waals surface area contributed by atoms with Crippen LogP contribution < -0.4 is 4.74 Å². The SMILES string of the molecule is COc1cccc(C(=O)SC(F)(F)F)c1. The summed E-state index contributed by atoms with van der Waals surface area (Å²) >= 11 is -0.665. The van der Waals surface area contributed by atoms with E-state index in [1.807, 2.05) is 0 Å². The van der Waals surface area contributed by atoms with Gasteiger partial charge in [-0.1, -0.05) is 12.1 Å². The van der Waals surface area contributed by atoms with Crippen LogP contribution in [0.4, 0.5) is 13.2 Å². The summed E-state index contributed by atoms with van der Waals surface area (Å²) in [6.45, 7) is 0. The first-order valence-corrected chi connectivity index (χ1v) is 4.68. The molecule has 1 aromatic rings. The van der Waals surface area contributed by atoms with Gasteiger partial charge in [0.25, 0.3) is 0 Å². The van der Waals surface area contributed by atoms with Gasteiger partial charge in [0.2, 0.25) is 5.12 Å². The Hall–Kier alpha value is -1.17. The normalized spacial score (nSPS) is 11.2. The van der Waals surface area contributed by atoms with Gasteiger partial charge in [0.05, 0.1) is 7.11 Å². The van der Waals surface area contributed by atoms with E-state index in [1.54, 1.807) is 6.07 Å². The van der Waals surface area contributed by atoms with Crippen LogP contribution in [0.2, 0.25) is 0 Å². The number of hydrogen-bond acceptors (Lipinski definition) is 3. The summed E-state index contributed by atoms with van der Waals surface area (Å²) < 4.78 is 40.4. The van der Waals surface area contributed by atoms with Gasteiger partial charge >= 0.3 is 5.51 Å². The minimum atomic E-state index is -4.56. The molecule has 1 rings (SSSR count). The molecule has 0 aliphatic rings. The molecule has 0 fully saturated rings. The molecule has 82 valence electrons. The molecule has 15 heavy (non-hydrogen) atoms. The molecule has 0 aliphatic heterocycles. The number of rotatable bonds is 2. The van der Waals surface area contributed by atoms with Crippen LogP contribution in [0.3, 0.4) is 0 Å². The topological polar surface area (TPSA) is 26.3 Å². The molecule has 0 spiro atoms. The summed E-state index contributed by atoms with van der Waals surface area (Å²) in [6, 6.07) is 5.59. The second kappa shape index (κ2) is 4.57. The fraction of sp³-hybridized carbons (Fsp3) is 0.222. The third kappa shape index (κ3) is 3.83. The predicted molar refractivity (Wildman–Crippen MR) is 51.0 cm³/mol. The van der Waals surface area contributed by atoms with Gasteiger partial charge in [0.1, 0.15) is 5.75 Å². The first kappa shape index (κ1) is 11.9. The Balaban J connectivity index is 2.82. The van der Waals surface area contributed by atoms with Gasteiger partial charge < -0.3 is 4.74 Å². The van der Waals surface area contributed by atoms with Crippen molar-refractivity contribution in [2.24, 2.45) is 0 Å². The lowest BCUT2D eigenvalue weighted by atomic mass is 10.2. The summed E-state index contributed by atoms with van der Waals surface area (Å²) in [5, 5.41) is -1.04. The standard InChI is InChI=1S/C9H7F3O2S/c1-14-7-4-2-3-6(5-7)8(13)15-9(10,11)12/h2-5H,1H3. The van der Waals surface area contributed by atoms with E-state index in [9.17, 15) is 18.0 Å². The second-order valence-electron chi connectivity index (χ2n) is 2.57. The third-order valence-corrected chi connectivity index (χ3v) is 2.17. The fourth-order valence-corrected chi connectivity index (χ4v) is 1.37.